The molecule has 0 atom stereocenters. The van der Waals surface area contributed by atoms with Gasteiger partial charge < -0.3 is 0 Å². The zero-order valence-corrected chi connectivity index (χ0v) is 7.75. The molecular weight excluding hydrogens is 265 g/mol. The largest absolute Gasteiger partial charge is 0.199 e. The van der Waals surface area contributed by atoms with Gasteiger partial charge in [-0.25, -0.2) is 0 Å². The van der Waals surface area contributed by atoms with E-state index < -0.39 is 0 Å². The van der Waals surface area contributed by atoms with E-state index in [2.05, 4.69) is 6.92 Å². The molecule has 0 aliphatic heterocycles. The Hall–Kier alpha value is -0.170. The maximum Gasteiger partial charge on any atom is 0 e. The number of benzene rings is 1. The van der Waals surface area contributed by atoms with Gasteiger partial charge in [0.25, 0.3) is 0 Å². The molecule has 0 bridgehead atoms. The topological polar surface area (TPSA) is 0 Å². The van der Waals surface area contributed by atoms with Crippen molar-refractivity contribution >= 4 is 0 Å². The van der Waals surface area contributed by atoms with Crippen molar-refractivity contribution in [1.82, 2.24) is 0 Å². The molecule has 1 aromatic rings. The Balaban J connectivity index is 0.000000490. The normalized spacial score (nSPS) is 7.50. The molecule has 1 radical (unpaired) electrons. The predicted molar refractivity (Wildman–Crippen MR) is 30.9 cm³/mol. The summed E-state index contributed by atoms with van der Waals surface area (Å²) in [5, 5.41) is 0. The van der Waals surface area contributed by atoms with E-state index in [0.29, 0.717) is 0 Å². The predicted octanol–water partition coefficient (Wildman–Crippen LogP) is 1.87. The number of hydrogen-bond acceptors (Lipinski definition) is 0. The van der Waals surface area contributed by atoms with Crippen molar-refractivity contribution in [2.45, 2.75) is 0 Å². The summed E-state index contributed by atoms with van der Waals surface area (Å²) in [4.78, 5) is 0. The van der Waals surface area contributed by atoms with Crippen LogP contribution in [0.15, 0.2) is 30.3 Å². The molecule has 0 heterocycles. The van der Waals surface area contributed by atoms with Gasteiger partial charge in [0.15, 0.2) is 0 Å². The second kappa shape index (κ2) is 3.79. The van der Waals surface area contributed by atoms with Crippen LogP contribution in [0.4, 0.5) is 0 Å². The van der Waals surface area contributed by atoms with Crippen LogP contribution in [0, 0.1) is 6.92 Å². The first kappa shape index (κ1) is 7.83. The van der Waals surface area contributed by atoms with Gasteiger partial charge in [-0.3, -0.25) is 0 Å². The standard InChI is InChI=1S/C7H7.Ta/c1-7-5-3-2-4-6-7;/h2-6H,1H2;/q-1;. The Morgan fingerprint density at radius 2 is 1.50 bits per heavy atom. The van der Waals surface area contributed by atoms with Crippen LogP contribution in [-0.2, 0) is 22.4 Å². The van der Waals surface area contributed by atoms with Gasteiger partial charge in [-0.05, 0) is 0 Å². The molecule has 0 N–H and O–H groups in total. The third-order valence-electron chi connectivity index (χ3n) is 0.843. The van der Waals surface area contributed by atoms with Crippen LogP contribution in [0.1, 0.15) is 5.56 Å². The Bertz CT molecular complexity index is 134. The summed E-state index contributed by atoms with van der Waals surface area (Å²) in [6.45, 7) is 3.72. The van der Waals surface area contributed by atoms with Crippen molar-refractivity contribution < 1.29 is 22.4 Å². The molecule has 0 amide bonds. The van der Waals surface area contributed by atoms with E-state index in [9.17, 15) is 0 Å². The van der Waals surface area contributed by atoms with Crippen molar-refractivity contribution in [3.8, 4) is 0 Å². The second-order valence-corrected chi connectivity index (χ2v) is 1.49. The molecule has 0 nitrogen and oxygen atoms in total. The van der Waals surface area contributed by atoms with Crippen LogP contribution in [0.25, 0.3) is 0 Å². The van der Waals surface area contributed by atoms with Gasteiger partial charge in [0.05, 0.1) is 0 Å². The Morgan fingerprint density at radius 1 is 1.00 bits per heavy atom. The van der Waals surface area contributed by atoms with Gasteiger partial charge in [0, 0.05) is 22.4 Å². The van der Waals surface area contributed by atoms with Gasteiger partial charge in [-0.1, -0.05) is 6.07 Å². The molecule has 0 aromatic heterocycles. The molecule has 0 saturated heterocycles. The van der Waals surface area contributed by atoms with Gasteiger partial charge in [0.1, 0.15) is 0 Å². The summed E-state index contributed by atoms with van der Waals surface area (Å²) in [7, 11) is 0. The fraction of sp³-hybridized carbons (Fsp3) is 0. The van der Waals surface area contributed by atoms with Crippen molar-refractivity contribution in [2.24, 2.45) is 0 Å². The van der Waals surface area contributed by atoms with Crippen LogP contribution in [0.5, 0.6) is 0 Å². The maximum absolute atomic E-state index is 3.72. The van der Waals surface area contributed by atoms with Crippen LogP contribution >= 0.6 is 0 Å². The molecule has 0 unspecified atom stereocenters. The molecule has 0 spiro atoms. The summed E-state index contributed by atoms with van der Waals surface area (Å²) in [5.74, 6) is 0. The fourth-order valence-corrected chi connectivity index (χ4v) is 0.478. The Kier molecular flexibility index (Phi) is 3.71. The monoisotopic (exact) mass is 272 g/mol. The molecule has 1 heteroatoms. The average Bonchev–Trinajstić information content (AvgIpc) is 1.69. The van der Waals surface area contributed by atoms with Crippen LogP contribution < -0.4 is 0 Å². The van der Waals surface area contributed by atoms with Crippen LogP contribution in [0.2, 0.25) is 0 Å². The number of rotatable bonds is 0. The van der Waals surface area contributed by atoms with Crippen molar-refractivity contribution in [3.63, 3.8) is 0 Å². The van der Waals surface area contributed by atoms with Gasteiger partial charge in [-0.15, -0.1) is 12.1 Å². The average molecular weight is 272 g/mol. The summed E-state index contributed by atoms with van der Waals surface area (Å²) in [6, 6.07) is 9.87. The van der Waals surface area contributed by atoms with E-state index in [4.69, 9.17) is 0 Å². The molecule has 41 valence electrons. The molecule has 8 heavy (non-hydrogen) atoms. The van der Waals surface area contributed by atoms with Gasteiger partial charge in [0.2, 0.25) is 0 Å². The van der Waals surface area contributed by atoms with Crippen LogP contribution in [0.3, 0.4) is 0 Å². The van der Waals surface area contributed by atoms with E-state index in [1.807, 2.05) is 30.3 Å². The van der Waals surface area contributed by atoms with E-state index >= 15 is 0 Å². The van der Waals surface area contributed by atoms with Crippen molar-refractivity contribution in [2.75, 3.05) is 0 Å². The molecular formula is C7H7Ta-. The SMILES string of the molecule is [CH2-]c1ccccc1.[Ta]. The third-order valence-corrected chi connectivity index (χ3v) is 0.843. The molecule has 1 rings (SSSR count). The minimum atomic E-state index is 0. The maximum atomic E-state index is 3.72. The molecule has 0 fully saturated rings. The van der Waals surface area contributed by atoms with E-state index in [0.717, 1.165) is 5.56 Å². The second-order valence-electron chi connectivity index (χ2n) is 1.49. The molecule has 0 aliphatic rings. The quantitative estimate of drug-likeness (QED) is 0.632. The molecule has 0 aliphatic carbocycles. The Labute approximate surface area is 65.4 Å². The summed E-state index contributed by atoms with van der Waals surface area (Å²) in [6.07, 6.45) is 0. The summed E-state index contributed by atoms with van der Waals surface area (Å²) >= 11 is 0. The first-order valence-electron chi connectivity index (χ1n) is 2.26. The van der Waals surface area contributed by atoms with Gasteiger partial charge >= 0.3 is 0 Å². The number of hydrogen-bond donors (Lipinski definition) is 0. The first-order chi connectivity index (χ1) is 3.39. The van der Waals surface area contributed by atoms with E-state index in [1.165, 1.54) is 0 Å². The smallest absolute Gasteiger partial charge is 0 e. The molecule has 1 aromatic carbocycles. The van der Waals surface area contributed by atoms with E-state index in [-0.39, 0.29) is 22.4 Å². The first-order valence-corrected chi connectivity index (χ1v) is 2.26. The zero-order valence-electron chi connectivity index (χ0n) is 4.54. The van der Waals surface area contributed by atoms with E-state index in [1.54, 1.807) is 0 Å². The Morgan fingerprint density at radius 3 is 1.75 bits per heavy atom. The minimum Gasteiger partial charge on any atom is -0.199 e. The fourth-order valence-electron chi connectivity index (χ4n) is 0.478. The van der Waals surface area contributed by atoms with Crippen molar-refractivity contribution in [3.05, 3.63) is 42.8 Å². The minimum absolute atomic E-state index is 0. The van der Waals surface area contributed by atoms with Crippen LogP contribution in [-0.4, -0.2) is 0 Å². The van der Waals surface area contributed by atoms with Gasteiger partial charge in [-0.2, -0.15) is 24.6 Å². The third kappa shape index (κ3) is 2.22. The summed E-state index contributed by atoms with van der Waals surface area (Å²) < 4.78 is 0. The zero-order chi connectivity index (χ0) is 5.11. The molecule has 0 saturated carbocycles. The summed E-state index contributed by atoms with van der Waals surface area (Å²) in [5.41, 5.74) is 1.07. The van der Waals surface area contributed by atoms with Crippen molar-refractivity contribution in [1.29, 1.82) is 0 Å².